The molecular weight excluding hydrogens is 861 g/mol. The number of benzene rings is 6. The quantitative estimate of drug-likeness (QED) is 0.0416. The first-order chi connectivity index (χ1) is 32.6. The van der Waals surface area contributed by atoms with E-state index < -0.39 is 23.9 Å². The van der Waals surface area contributed by atoms with Gasteiger partial charge in [0.1, 0.15) is 26.4 Å². The summed E-state index contributed by atoms with van der Waals surface area (Å²) in [6, 6.07) is 52.2. The molecular formula is C56H46N2O8S. The number of nitrogens with zero attached hydrogens (tertiary/aromatic N) is 2. The molecule has 0 unspecified atom stereocenters. The van der Waals surface area contributed by atoms with Crippen LogP contribution >= 0.6 is 11.3 Å². The van der Waals surface area contributed by atoms with Crippen molar-refractivity contribution in [1.29, 1.82) is 0 Å². The SMILES string of the molecule is C=CC(=O)OCc1ccc(N(c2ccc(COC(=O)C=C)cc2)c2ccc(-c3ccc(-c4ccc(N(c5ccc(COC(=O)C=C)cc5)c5ccc(COC(=O)C=C)cc5)cc4)s3)cc2)cc1. The van der Waals surface area contributed by atoms with Crippen molar-refractivity contribution in [2.45, 2.75) is 26.4 Å². The van der Waals surface area contributed by atoms with E-state index in [4.69, 9.17) is 18.9 Å². The second-order valence-corrected chi connectivity index (χ2v) is 15.9. The van der Waals surface area contributed by atoms with Gasteiger partial charge in [0.15, 0.2) is 0 Å². The summed E-state index contributed by atoms with van der Waals surface area (Å²) in [7, 11) is 0. The summed E-state index contributed by atoms with van der Waals surface area (Å²) in [6.45, 7) is 14.4. The minimum Gasteiger partial charge on any atom is -0.458 e. The van der Waals surface area contributed by atoms with Gasteiger partial charge in [-0.15, -0.1) is 11.3 Å². The van der Waals surface area contributed by atoms with Crippen LogP contribution < -0.4 is 9.80 Å². The Morgan fingerprint density at radius 2 is 0.552 bits per heavy atom. The Labute approximate surface area is 393 Å². The third kappa shape index (κ3) is 12.2. The number of esters is 4. The van der Waals surface area contributed by atoms with Gasteiger partial charge in [-0.3, -0.25) is 0 Å². The molecule has 11 heteroatoms. The van der Waals surface area contributed by atoms with Crippen LogP contribution in [-0.4, -0.2) is 23.9 Å². The van der Waals surface area contributed by atoms with E-state index in [2.05, 4.69) is 96.8 Å². The zero-order valence-electron chi connectivity index (χ0n) is 36.5. The smallest absolute Gasteiger partial charge is 0.330 e. The standard InChI is InChI=1S/C56H46N2O8S/c1-5-53(59)63-35-39-9-21-45(22-10-39)57(46-23-11-40(12-24-46)36-64-54(60)6-2)49-29-17-43(18-30-49)51-33-34-52(67-51)44-19-31-50(32-20-44)58(47-25-13-41(14-26-47)37-65-55(61)7-3)48-27-15-42(16-28-48)38-66-56(62)8-4/h5-34H,1-4,35-38H2. The molecule has 7 rings (SSSR count). The number of carbonyl (C=O) groups excluding carboxylic acids is 4. The van der Waals surface area contributed by atoms with Crippen molar-refractivity contribution in [3.8, 4) is 20.9 Å². The number of hydrogen-bond donors (Lipinski definition) is 0. The summed E-state index contributed by atoms with van der Waals surface area (Å²) in [5.74, 6) is -1.94. The van der Waals surface area contributed by atoms with Gasteiger partial charge >= 0.3 is 23.9 Å². The van der Waals surface area contributed by atoms with Crippen LogP contribution in [0.5, 0.6) is 0 Å². The molecule has 6 aromatic carbocycles. The molecule has 0 saturated carbocycles. The summed E-state index contributed by atoms with van der Waals surface area (Å²) in [6.07, 6.45) is 4.56. The van der Waals surface area contributed by atoms with Gasteiger partial charge in [0.2, 0.25) is 0 Å². The highest BCUT2D eigenvalue weighted by Crippen LogP contribution is 2.41. The van der Waals surface area contributed by atoms with Gasteiger partial charge in [-0.05, 0) is 118 Å². The van der Waals surface area contributed by atoms with Crippen molar-refractivity contribution in [3.63, 3.8) is 0 Å². The molecule has 7 aromatic rings. The Bertz CT molecular complexity index is 2540. The lowest BCUT2D eigenvalue weighted by atomic mass is 10.1. The molecule has 334 valence electrons. The van der Waals surface area contributed by atoms with E-state index in [0.717, 1.165) is 102 Å². The topological polar surface area (TPSA) is 112 Å². The van der Waals surface area contributed by atoms with Gasteiger partial charge in [0.25, 0.3) is 0 Å². The molecule has 0 aliphatic carbocycles. The summed E-state index contributed by atoms with van der Waals surface area (Å²) in [5, 5.41) is 0. The Hall–Kier alpha value is -8.54. The maximum absolute atomic E-state index is 11.7. The number of thiophene rings is 1. The van der Waals surface area contributed by atoms with Crippen LogP contribution in [0.2, 0.25) is 0 Å². The number of carbonyl (C=O) groups is 4. The number of ether oxygens (including phenoxy) is 4. The maximum Gasteiger partial charge on any atom is 0.330 e. The van der Waals surface area contributed by atoms with Gasteiger partial charge in [-0.1, -0.05) is 99.1 Å². The molecule has 0 fully saturated rings. The summed E-state index contributed by atoms with van der Waals surface area (Å²) >= 11 is 1.70. The average molecular weight is 907 g/mol. The molecule has 1 aromatic heterocycles. The summed E-state index contributed by atoms with van der Waals surface area (Å²) in [5.41, 5.74) is 10.9. The summed E-state index contributed by atoms with van der Waals surface area (Å²) in [4.78, 5) is 53.1. The first-order valence-corrected chi connectivity index (χ1v) is 21.9. The lowest BCUT2D eigenvalue weighted by Gasteiger charge is -2.26. The van der Waals surface area contributed by atoms with Crippen molar-refractivity contribution in [2.75, 3.05) is 9.80 Å². The van der Waals surface area contributed by atoms with Gasteiger partial charge in [0, 0.05) is 68.2 Å². The average Bonchev–Trinajstić information content (AvgIpc) is 3.88. The second-order valence-electron chi connectivity index (χ2n) is 14.8. The predicted molar refractivity (Wildman–Crippen MR) is 265 cm³/mol. The van der Waals surface area contributed by atoms with Crippen LogP contribution in [0.1, 0.15) is 22.3 Å². The molecule has 0 bridgehead atoms. The Kier molecular flexibility index (Phi) is 15.5. The number of rotatable bonds is 20. The van der Waals surface area contributed by atoms with Crippen LogP contribution in [0.15, 0.2) is 208 Å². The van der Waals surface area contributed by atoms with Crippen LogP contribution in [0.3, 0.4) is 0 Å². The normalized spacial score (nSPS) is 10.5. The predicted octanol–water partition coefficient (Wildman–Crippen LogP) is 12.9. The maximum atomic E-state index is 11.7. The lowest BCUT2D eigenvalue weighted by Crippen LogP contribution is -2.10. The molecule has 0 saturated heterocycles. The van der Waals surface area contributed by atoms with Gasteiger partial charge in [-0.25, -0.2) is 19.2 Å². The fourth-order valence-electron chi connectivity index (χ4n) is 6.91. The highest BCUT2D eigenvalue weighted by atomic mass is 32.1. The second kappa shape index (κ2) is 22.4. The monoisotopic (exact) mass is 906 g/mol. The molecule has 0 atom stereocenters. The summed E-state index contributed by atoms with van der Waals surface area (Å²) < 4.78 is 20.9. The molecule has 0 N–H and O–H groups in total. The molecule has 0 aliphatic rings. The minimum atomic E-state index is -0.485. The Morgan fingerprint density at radius 1 is 0.343 bits per heavy atom. The van der Waals surface area contributed by atoms with E-state index in [1.165, 1.54) is 0 Å². The zero-order chi connectivity index (χ0) is 47.1. The Morgan fingerprint density at radius 3 is 0.761 bits per heavy atom. The van der Waals surface area contributed by atoms with Crippen molar-refractivity contribution >= 4 is 69.3 Å². The minimum absolute atomic E-state index is 0.129. The molecule has 0 amide bonds. The molecule has 1 heterocycles. The van der Waals surface area contributed by atoms with E-state index in [9.17, 15) is 19.2 Å². The van der Waals surface area contributed by atoms with Crippen molar-refractivity contribution in [2.24, 2.45) is 0 Å². The van der Waals surface area contributed by atoms with E-state index >= 15 is 0 Å². The van der Waals surface area contributed by atoms with Crippen LogP contribution in [0.4, 0.5) is 34.1 Å². The molecule has 0 spiro atoms. The fraction of sp³-hybridized carbons (Fsp3) is 0.0714. The van der Waals surface area contributed by atoms with Gasteiger partial charge in [0.05, 0.1) is 0 Å². The Balaban J connectivity index is 1.12. The van der Waals surface area contributed by atoms with Crippen molar-refractivity contribution in [1.82, 2.24) is 0 Å². The molecule has 10 nitrogen and oxygen atoms in total. The van der Waals surface area contributed by atoms with Crippen molar-refractivity contribution < 1.29 is 38.1 Å². The van der Waals surface area contributed by atoms with Crippen molar-refractivity contribution in [3.05, 3.63) is 231 Å². The number of hydrogen-bond acceptors (Lipinski definition) is 11. The third-order valence-corrected chi connectivity index (χ3v) is 11.6. The first kappa shape index (κ1) is 46.5. The lowest BCUT2D eigenvalue weighted by molar-refractivity contribution is -0.139. The van der Waals surface area contributed by atoms with Crippen LogP contribution in [0, 0.1) is 0 Å². The highest BCUT2D eigenvalue weighted by molar-refractivity contribution is 7.18. The fourth-order valence-corrected chi connectivity index (χ4v) is 7.93. The van der Waals surface area contributed by atoms with Crippen LogP contribution in [-0.2, 0) is 64.6 Å². The highest BCUT2D eigenvalue weighted by Gasteiger charge is 2.17. The largest absolute Gasteiger partial charge is 0.458 e. The first-order valence-electron chi connectivity index (χ1n) is 21.1. The van der Waals surface area contributed by atoms with E-state index in [-0.39, 0.29) is 26.4 Å². The number of anilines is 6. The van der Waals surface area contributed by atoms with Gasteiger partial charge in [-0.2, -0.15) is 0 Å². The zero-order valence-corrected chi connectivity index (χ0v) is 37.4. The molecule has 0 aliphatic heterocycles. The van der Waals surface area contributed by atoms with E-state index in [1.807, 2.05) is 97.1 Å². The van der Waals surface area contributed by atoms with Crippen LogP contribution in [0.25, 0.3) is 20.9 Å². The van der Waals surface area contributed by atoms with Gasteiger partial charge < -0.3 is 28.7 Å². The molecule has 0 radical (unpaired) electrons. The molecule has 67 heavy (non-hydrogen) atoms. The van der Waals surface area contributed by atoms with E-state index in [1.54, 1.807) is 11.3 Å². The van der Waals surface area contributed by atoms with E-state index in [0.29, 0.717) is 0 Å². The third-order valence-electron chi connectivity index (χ3n) is 10.4.